The van der Waals surface area contributed by atoms with Crippen LogP contribution >= 0.6 is 23.2 Å². The van der Waals surface area contributed by atoms with E-state index in [4.69, 9.17) is 28.9 Å². The number of hydrogen-bond acceptors (Lipinski definition) is 3. The molecule has 0 spiro atoms. The van der Waals surface area contributed by atoms with E-state index in [-0.39, 0.29) is 28.6 Å². The summed E-state index contributed by atoms with van der Waals surface area (Å²) < 4.78 is 13.2. The summed E-state index contributed by atoms with van der Waals surface area (Å²) >= 11 is 11.3. The molecule has 0 fully saturated rings. The Morgan fingerprint density at radius 1 is 1.31 bits per heavy atom. The van der Waals surface area contributed by atoms with E-state index < -0.39 is 18.0 Å². The van der Waals surface area contributed by atoms with Crippen LogP contribution in [-0.4, -0.2) is 22.9 Å². The van der Waals surface area contributed by atoms with Crippen molar-refractivity contribution in [3.63, 3.8) is 0 Å². The van der Waals surface area contributed by atoms with Crippen LogP contribution in [0.3, 0.4) is 0 Å². The highest BCUT2D eigenvalue weighted by molar-refractivity contribution is 6.33. The fourth-order valence-corrected chi connectivity index (χ4v) is 1.76. The van der Waals surface area contributed by atoms with Crippen molar-refractivity contribution in [1.82, 2.24) is 0 Å². The molecule has 0 aliphatic rings. The van der Waals surface area contributed by atoms with Gasteiger partial charge in [-0.2, -0.15) is 0 Å². The van der Waals surface area contributed by atoms with Gasteiger partial charge in [0.2, 0.25) is 0 Å². The van der Waals surface area contributed by atoms with Crippen LogP contribution in [-0.2, 0) is 0 Å². The summed E-state index contributed by atoms with van der Waals surface area (Å²) in [7, 11) is 0. The number of rotatable bonds is 4. The van der Waals surface area contributed by atoms with Crippen LogP contribution in [0.2, 0.25) is 10.0 Å². The van der Waals surface area contributed by atoms with E-state index in [1.165, 1.54) is 6.07 Å². The number of aliphatic hydroxyl groups excluding tert-OH is 2. The molecule has 0 radical (unpaired) electrons. The maximum atomic E-state index is 13.2. The van der Waals surface area contributed by atoms with Gasteiger partial charge in [0.25, 0.3) is 0 Å². The lowest BCUT2D eigenvalue weighted by molar-refractivity contribution is 0.0149. The predicted molar refractivity (Wildman–Crippen MR) is 61.1 cm³/mol. The van der Waals surface area contributed by atoms with Crippen LogP contribution in [0.5, 0.6) is 0 Å². The molecule has 1 aromatic rings. The predicted octanol–water partition coefficient (Wildman–Crippen LogP) is 1.88. The topological polar surface area (TPSA) is 66.5 Å². The van der Waals surface area contributed by atoms with Crippen LogP contribution in [0.15, 0.2) is 12.1 Å². The SMILES string of the molecule is NCCC(O)C(O)c1cc(Cl)cc(F)c1Cl. The summed E-state index contributed by atoms with van der Waals surface area (Å²) in [5.41, 5.74) is 5.30. The summed E-state index contributed by atoms with van der Waals surface area (Å²) in [5, 5.41) is 19.1. The van der Waals surface area contributed by atoms with Crippen molar-refractivity contribution < 1.29 is 14.6 Å². The van der Waals surface area contributed by atoms with Gasteiger partial charge >= 0.3 is 0 Å². The molecule has 0 aliphatic carbocycles. The third kappa shape index (κ3) is 3.06. The number of halogens is 3. The largest absolute Gasteiger partial charge is 0.390 e. The van der Waals surface area contributed by atoms with Crippen LogP contribution in [0.25, 0.3) is 0 Å². The van der Waals surface area contributed by atoms with Gasteiger partial charge in [0.1, 0.15) is 11.9 Å². The summed E-state index contributed by atoms with van der Waals surface area (Å²) in [6.07, 6.45) is -2.21. The van der Waals surface area contributed by atoms with Crippen molar-refractivity contribution in [3.8, 4) is 0 Å². The molecule has 90 valence electrons. The molecule has 2 unspecified atom stereocenters. The van der Waals surface area contributed by atoms with E-state index in [9.17, 15) is 14.6 Å². The lowest BCUT2D eigenvalue weighted by Gasteiger charge is -2.19. The molecule has 3 nitrogen and oxygen atoms in total. The molecule has 0 heterocycles. The Morgan fingerprint density at radius 3 is 2.50 bits per heavy atom. The minimum absolute atomic E-state index is 0.0626. The zero-order valence-corrected chi connectivity index (χ0v) is 9.84. The van der Waals surface area contributed by atoms with Gasteiger partial charge in [-0.3, -0.25) is 0 Å². The first kappa shape index (κ1) is 13.7. The molecule has 6 heteroatoms. The van der Waals surface area contributed by atoms with E-state index in [2.05, 4.69) is 0 Å². The zero-order chi connectivity index (χ0) is 12.3. The first-order chi connectivity index (χ1) is 7.47. The lowest BCUT2D eigenvalue weighted by atomic mass is 10.0. The average molecular weight is 268 g/mol. The molecule has 0 aliphatic heterocycles. The Kier molecular flexibility index (Phi) is 4.95. The second-order valence-corrected chi connectivity index (χ2v) is 4.19. The highest BCUT2D eigenvalue weighted by Gasteiger charge is 2.22. The second kappa shape index (κ2) is 5.80. The van der Waals surface area contributed by atoms with Gasteiger partial charge in [-0.15, -0.1) is 0 Å². The third-order valence-corrected chi connectivity index (χ3v) is 2.78. The summed E-state index contributed by atoms with van der Waals surface area (Å²) in [6, 6.07) is 2.35. The second-order valence-electron chi connectivity index (χ2n) is 3.38. The highest BCUT2D eigenvalue weighted by Crippen LogP contribution is 2.31. The van der Waals surface area contributed by atoms with Crippen molar-refractivity contribution >= 4 is 23.2 Å². The molecule has 0 bridgehead atoms. The fourth-order valence-electron chi connectivity index (χ4n) is 1.33. The van der Waals surface area contributed by atoms with Crippen LogP contribution in [0.4, 0.5) is 4.39 Å². The molecule has 0 saturated heterocycles. The standard InChI is InChI=1S/C10H12Cl2FNO2/c11-5-3-6(9(12)7(13)4-5)10(16)8(15)1-2-14/h3-4,8,10,15-16H,1-2,14H2. The molecule has 4 N–H and O–H groups in total. The normalized spacial score (nSPS) is 14.9. The number of aliphatic hydroxyl groups is 2. The Bertz CT molecular complexity index is 376. The first-order valence-electron chi connectivity index (χ1n) is 4.68. The molecule has 1 aromatic carbocycles. The van der Waals surface area contributed by atoms with Gasteiger partial charge < -0.3 is 15.9 Å². The van der Waals surface area contributed by atoms with Crippen LogP contribution in [0, 0.1) is 5.82 Å². The molecular formula is C10H12Cl2FNO2. The van der Waals surface area contributed by atoms with Gasteiger partial charge in [-0.25, -0.2) is 4.39 Å². The van der Waals surface area contributed by atoms with Crippen LogP contribution < -0.4 is 5.73 Å². The third-order valence-electron chi connectivity index (χ3n) is 2.17. The molecule has 1 rings (SSSR count). The average Bonchev–Trinajstić information content (AvgIpc) is 2.22. The monoisotopic (exact) mass is 267 g/mol. The molecule has 0 saturated carbocycles. The lowest BCUT2D eigenvalue weighted by Crippen LogP contribution is -2.22. The minimum atomic E-state index is -1.30. The van der Waals surface area contributed by atoms with Gasteiger partial charge in [-0.05, 0) is 25.1 Å². The van der Waals surface area contributed by atoms with Crippen molar-refractivity contribution in [2.24, 2.45) is 5.73 Å². The van der Waals surface area contributed by atoms with E-state index in [0.29, 0.717) is 0 Å². The van der Waals surface area contributed by atoms with Gasteiger partial charge in [0.05, 0.1) is 11.1 Å². The number of hydrogen-bond donors (Lipinski definition) is 3. The van der Waals surface area contributed by atoms with E-state index in [1.807, 2.05) is 0 Å². The summed E-state index contributed by atoms with van der Waals surface area (Å²) in [5.74, 6) is -0.733. The Labute approximate surface area is 103 Å². The summed E-state index contributed by atoms with van der Waals surface area (Å²) in [6.45, 7) is 0.207. The van der Waals surface area contributed by atoms with Crippen molar-refractivity contribution in [1.29, 1.82) is 0 Å². The Balaban J connectivity index is 3.03. The molecule has 0 amide bonds. The van der Waals surface area contributed by atoms with E-state index in [1.54, 1.807) is 0 Å². The Morgan fingerprint density at radius 2 is 1.94 bits per heavy atom. The van der Waals surface area contributed by atoms with Crippen LogP contribution in [0.1, 0.15) is 18.1 Å². The maximum Gasteiger partial charge on any atom is 0.143 e. The quantitative estimate of drug-likeness (QED) is 0.730. The van der Waals surface area contributed by atoms with Gasteiger partial charge in [0, 0.05) is 10.6 Å². The van der Waals surface area contributed by atoms with Gasteiger partial charge in [0.15, 0.2) is 0 Å². The zero-order valence-electron chi connectivity index (χ0n) is 8.33. The minimum Gasteiger partial charge on any atom is -0.390 e. The first-order valence-corrected chi connectivity index (χ1v) is 5.43. The number of benzene rings is 1. The molecular weight excluding hydrogens is 256 g/mol. The van der Waals surface area contributed by atoms with Crippen molar-refractivity contribution in [3.05, 3.63) is 33.6 Å². The maximum absolute atomic E-state index is 13.2. The van der Waals surface area contributed by atoms with Crippen molar-refractivity contribution in [2.45, 2.75) is 18.6 Å². The van der Waals surface area contributed by atoms with E-state index in [0.717, 1.165) is 6.07 Å². The Hall–Kier alpha value is -0.390. The number of nitrogens with two attached hydrogens (primary N) is 1. The summed E-state index contributed by atoms with van der Waals surface area (Å²) in [4.78, 5) is 0. The molecule has 0 aromatic heterocycles. The molecule has 16 heavy (non-hydrogen) atoms. The smallest absolute Gasteiger partial charge is 0.143 e. The molecule has 2 atom stereocenters. The van der Waals surface area contributed by atoms with Gasteiger partial charge in [-0.1, -0.05) is 23.2 Å². The van der Waals surface area contributed by atoms with E-state index >= 15 is 0 Å². The fraction of sp³-hybridized carbons (Fsp3) is 0.400. The highest BCUT2D eigenvalue weighted by atomic mass is 35.5. The van der Waals surface area contributed by atoms with Crippen molar-refractivity contribution in [2.75, 3.05) is 6.54 Å².